The number of benzene rings is 3. The first kappa shape index (κ1) is 22.7. The molecule has 3 aromatic carbocycles. The molecular weight excluding hydrogens is 450 g/mol. The lowest BCUT2D eigenvalue weighted by molar-refractivity contribution is 0.262. The van der Waals surface area contributed by atoms with Gasteiger partial charge in [-0.1, -0.05) is 66.6 Å². The number of carbonyl (C=O) groups is 1. The average Bonchev–Trinajstić information content (AvgIpc) is 3.30. The van der Waals surface area contributed by atoms with E-state index in [1.165, 1.54) is 6.33 Å². The highest BCUT2D eigenvalue weighted by molar-refractivity contribution is 5.99. The number of furan rings is 1. The molecule has 0 spiro atoms. The number of carbonyl (C=O) groups excluding carboxylic acids is 1. The Kier molecular flexibility index (Phi) is 6.59. The number of terminal acetylenes is 1. The molecule has 0 saturated heterocycles. The van der Waals surface area contributed by atoms with Crippen LogP contribution in [0.1, 0.15) is 11.1 Å². The standard InChI is InChI=1S/C29H23N5O2/c1-2-24-25-27(31-19-32-28(25)36-26(24)21-9-5-3-6-10-21)30-18-17-20-13-15-23(16-14-20)34-29(35)33-22-11-7-4-8-12-22/h1,3-16,19H,17-18H2,(H,30,31,32)(H2,33,34,35). The third kappa shape index (κ3) is 5.03. The number of para-hydroxylation sites is 1. The molecular formula is C29H23N5O2. The molecule has 0 saturated carbocycles. The summed E-state index contributed by atoms with van der Waals surface area (Å²) < 4.78 is 5.99. The van der Waals surface area contributed by atoms with Crippen LogP contribution in [0.25, 0.3) is 22.4 Å². The van der Waals surface area contributed by atoms with Gasteiger partial charge in [0.05, 0.1) is 10.9 Å². The first-order valence-electron chi connectivity index (χ1n) is 11.5. The summed E-state index contributed by atoms with van der Waals surface area (Å²) in [7, 11) is 0. The van der Waals surface area contributed by atoms with E-state index in [0.29, 0.717) is 40.5 Å². The molecule has 0 aliphatic heterocycles. The SMILES string of the molecule is C#Cc1c(-c2ccccc2)oc2ncnc(NCCc3ccc(NC(=O)Nc4ccccc4)cc3)c12. The van der Waals surface area contributed by atoms with Crippen molar-refractivity contribution in [2.45, 2.75) is 6.42 Å². The number of anilines is 3. The van der Waals surface area contributed by atoms with E-state index in [0.717, 1.165) is 23.2 Å². The summed E-state index contributed by atoms with van der Waals surface area (Å²) in [4.78, 5) is 20.9. The van der Waals surface area contributed by atoms with Crippen molar-refractivity contribution >= 4 is 34.3 Å². The molecule has 36 heavy (non-hydrogen) atoms. The predicted octanol–water partition coefficient (Wildman–Crippen LogP) is 6.17. The summed E-state index contributed by atoms with van der Waals surface area (Å²) in [5.41, 5.74) is 4.52. The van der Waals surface area contributed by atoms with Gasteiger partial charge >= 0.3 is 6.03 Å². The van der Waals surface area contributed by atoms with Crippen molar-refractivity contribution in [3.05, 3.63) is 102 Å². The van der Waals surface area contributed by atoms with E-state index in [-0.39, 0.29) is 6.03 Å². The van der Waals surface area contributed by atoms with E-state index in [1.54, 1.807) is 0 Å². The predicted molar refractivity (Wildman–Crippen MR) is 143 cm³/mol. The zero-order valence-electron chi connectivity index (χ0n) is 19.4. The molecule has 2 aromatic heterocycles. The minimum Gasteiger partial charge on any atom is -0.436 e. The van der Waals surface area contributed by atoms with Crippen molar-refractivity contribution < 1.29 is 9.21 Å². The van der Waals surface area contributed by atoms with Gasteiger partial charge in [-0.25, -0.2) is 14.8 Å². The highest BCUT2D eigenvalue weighted by Crippen LogP contribution is 2.35. The van der Waals surface area contributed by atoms with Crippen molar-refractivity contribution in [1.29, 1.82) is 0 Å². The van der Waals surface area contributed by atoms with Crippen molar-refractivity contribution in [2.75, 3.05) is 22.5 Å². The highest BCUT2D eigenvalue weighted by atomic mass is 16.3. The number of nitrogens with zero attached hydrogens (tertiary/aromatic N) is 2. The second-order valence-electron chi connectivity index (χ2n) is 8.04. The molecule has 3 N–H and O–H groups in total. The number of fused-ring (bicyclic) bond motifs is 1. The number of nitrogens with one attached hydrogen (secondary N) is 3. The van der Waals surface area contributed by atoms with Crippen LogP contribution >= 0.6 is 0 Å². The van der Waals surface area contributed by atoms with Gasteiger partial charge in [0.25, 0.3) is 0 Å². The fourth-order valence-electron chi connectivity index (χ4n) is 3.89. The van der Waals surface area contributed by atoms with Crippen LogP contribution in [0.2, 0.25) is 0 Å². The molecule has 0 aliphatic rings. The lowest BCUT2D eigenvalue weighted by atomic mass is 10.1. The Morgan fingerprint density at radius 3 is 2.22 bits per heavy atom. The van der Waals surface area contributed by atoms with Crippen LogP contribution in [0.4, 0.5) is 22.0 Å². The van der Waals surface area contributed by atoms with E-state index in [9.17, 15) is 4.79 Å². The lowest BCUT2D eigenvalue weighted by Gasteiger charge is -2.09. The number of rotatable bonds is 7. The van der Waals surface area contributed by atoms with Gasteiger partial charge in [-0.05, 0) is 36.2 Å². The Balaban J connectivity index is 1.23. The molecule has 2 heterocycles. The van der Waals surface area contributed by atoms with Gasteiger partial charge in [0.15, 0.2) is 5.76 Å². The Bertz CT molecular complexity index is 1520. The molecule has 5 aromatic rings. The summed E-state index contributed by atoms with van der Waals surface area (Å²) in [6.07, 6.45) is 8.06. The Morgan fingerprint density at radius 1 is 0.861 bits per heavy atom. The number of hydrogen-bond acceptors (Lipinski definition) is 5. The van der Waals surface area contributed by atoms with Crippen LogP contribution < -0.4 is 16.0 Å². The third-order valence-corrected chi connectivity index (χ3v) is 5.62. The van der Waals surface area contributed by atoms with Crippen LogP contribution in [0.3, 0.4) is 0 Å². The number of aromatic nitrogens is 2. The molecule has 0 radical (unpaired) electrons. The van der Waals surface area contributed by atoms with Gasteiger partial charge < -0.3 is 20.4 Å². The summed E-state index contributed by atoms with van der Waals surface area (Å²) in [5, 5.41) is 9.70. The zero-order valence-corrected chi connectivity index (χ0v) is 19.4. The molecule has 7 nitrogen and oxygen atoms in total. The summed E-state index contributed by atoms with van der Waals surface area (Å²) in [6.45, 7) is 0.628. The zero-order chi connectivity index (χ0) is 24.7. The fraction of sp³-hybridized carbons (Fsp3) is 0.0690. The average molecular weight is 474 g/mol. The summed E-state index contributed by atoms with van der Waals surface area (Å²) in [5.74, 6) is 3.99. The van der Waals surface area contributed by atoms with Crippen molar-refractivity contribution in [2.24, 2.45) is 0 Å². The van der Waals surface area contributed by atoms with Gasteiger partial charge in [-0.15, -0.1) is 6.42 Å². The van der Waals surface area contributed by atoms with Crippen molar-refractivity contribution in [3.8, 4) is 23.7 Å². The second-order valence-corrected chi connectivity index (χ2v) is 8.04. The van der Waals surface area contributed by atoms with E-state index in [2.05, 4.69) is 31.8 Å². The molecule has 0 aliphatic carbocycles. The van der Waals surface area contributed by atoms with E-state index in [1.807, 2.05) is 84.9 Å². The lowest BCUT2D eigenvalue weighted by Crippen LogP contribution is -2.19. The van der Waals surface area contributed by atoms with Crippen molar-refractivity contribution in [3.63, 3.8) is 0 Å². The first-order valence-corrected chi connectivity index (χ1v) is 11.5. The minimum absolute atomic E-state index is 0.289. The maximum absolute atomic E-state index is 12.2. The topological polar surface area (TPSA) is 92.1 Å². The first-order chi connectivity index (χ1) is 17.7. The third-order valence-electron chi connectivity index (χ3n) is 5.62. The Morgan fingerprint density at radius 2 is 1.53 bits per heavy atom. The van der Waals surface area contributed by atoms with Gasteiger partial charge in [0.1, 0.15) is 12.1 Å². The number of amides is 2. The van der Waals surface area contributed by atoms with Crippen molar-refractivity contribution in [1.82, 2.24) is 9.97 Å². The van der Waals surface area contributed by atoms with Gasteiger partial charge in [0, 0.05) is 23.5 Å². The van der Waals surface area contributed by atoms with E-state index >= 15 is 0 Å². The molecule has 0 bridgehead atoms. The smallest absolute Gasteiger partial charge is 0.323 e. The Hall–Kier alpha value is -5.09. The largest absolute Gasteiger partial charge is 0.436 e. The Labute approximate surface area is 208 Å². The van der Waals surface area contributed by atoms with Crippen LogP contribution in [0, 0.1) is 12.3 Å². The monoisotopic (exact) mass is 473 g/mol. The van der Waals surface area contributed by atoms with Crippen LogP contribution in [0.5, 0.6) is 0 Å². The molecule has 0 unspecified atom stereocenters. The van der Waals surface area contributed by atoms with Gasteiger partial charge in [-0.3, -0.25) is 0 Å². The quantitative estimate of drug-likeness (QED) is 0.246. The molecule has 2 amide bonds. The van der Waals surface area contributed by atoms with Gasteiger partial charge in [0.2, 0.25) is 5.71 Å². The summed E-state index contributed by atoms with van der Waals surface area (Å²) in [6, 6.07) is 26.4. The fourth-order valence-corrected chi connectivity index (χ4v) is 3.89. The molecule has 0 fully saturated rings. The number of hydrogen-bond donors (Lipinski definition) is 3. The molecule has 176 valence electrons. The van der Waals surface area contributed by atoms with E-state index in [4.69, 9.17) is 10.8 Å². The van der Waals surface area contributed by atoms with Crippen LogP contribution in [0.15, 0.2) is 95.7 Å². The normalized spacial score (nSPS) is 10.5. The molecule has 7 heteroatoms. The number of urea groups is 1. The molecule has 5 rings (SSSR count). The van der Waals surface area contributed by atoms with Gasteiger partial charge in [-0.2, -0.15) is 0 Å². The minimum atomic E-state index is -0.289. The van der Waals surface area contributed by atoms with Crippen LogP contribution in [-0.2, 0) is 6.42 Å². The maximum atomic E-state index is 12.2. The van der Waals surface area contributed by atoms with E-state index < -0.39 is 0 Å². The highest BCUT2D eigenvalue weighted by Gasteiger charge is 2.19. The van der Waals surface area contributed by atoms with Crippen LogP contribution in [-0.4, -0.2) is 22.5 Å². The second kappa shape index (κ2) is 10.5. The summed E-state index contributed by atoms with van der Waals surface area (Å²) >= 11 is 0. The molecule has 0 atom stereocenters. The maximum Gasteiger partial charge on any atom is 0.323 e.